The molecular weight excluding hydrogens is 212 g/mol. The molecule has 0 aliphatic rings. The summed E-state index contributed by atoms with van der Waals surface area (Å²) in [6.45, 7) is 3.95. The average molecular weight is 228 g/mol. The lowest BCUT2D eigenvalue weighted by atomic mass is 10.1. The van der Waals surface area contributed by atoms with E-state index >= 15 is 0 Å². The molecule has 1 heterocycles. The fourth-order valence-corrected chi connectivity index (χ4v) is 1.86. The van der Waals surface area contributed by atoms with Crippen LogP contribution < -0.4 is 0 Å². The molecule has 0 spiro atoms. The Balaban J connectivity index is 2.43. The van der Waals surface area contributed by atoms with E-state index in [1.54, 1.807) is 6.20 Å². The number of hydrogen-bond acceptors (Lipinski definition) is 2. The number of benzene rings is 1. The minimum absolute atomic E-state index is 0.171. The molecule has 0 saturated heterocycles. The van der Waals surface area contributed by atoms with Crippen LogP contribution in [0.4, 0.5) is 0 Å². The molecule has 0 N–H and O–H groups in total. The Hall–Kier alpha value is -1.90. The number of rotatable bonds is 4. The van der Waals surface area contributed by atoms with Crippen molar-refractivity contribution in [2.24, 2.45) is 0 Å². The first kappa shape index (κ1) is 11.6. The van der Waals surface area contributed by atoms with E-state index in [0.717, 1.165) is 23.5 Å². The summed E-state index contributed by atoms with van der Waals surface area (Å²) < 4.78 is 2.02. The summed E-state index contributed by atoms with van der Waals surface area (Å²) in [5.41, 5.74) is 1.76. The van der Waals surface area contributed by atoms with Crippen LogP contribution in [-0.4, -0.2) is 15.3 Å². The van der Waals surface area contributed by atoms with Gasteiger partial charge >= 0.3 is 0 Å². The third kappa shape index (κ3) is 2.28. The summed E-state index contributed by atoms with van der Waals surface area (Å²) in [6, 6.07) is 7.69. The Morgan fingerprint density at radius 3 is 2.88 bits per heavy atom. The molecule has 1 aromatic carbocycles. The van der Waals surface area contributed by atoms with Gasteiger partial charge in [0.25, 0.3) is 0 Å². The second kappa shape index (κ2) is 4.95. The van der Waals surface area contributed by atoms with E-state index in [-0.39, 0.29) is 5.78 Å². The molecule has 17 heavy (non-hydrogen) atoms. The molecule has 2 rings (SSSR count). The summed E-state index contributed by atoms with van der Waals surface area (Å²) in [7, 11) is 0. The first-order valence-corrected chi connectivity index (χ1v) is 5.92. The monoisotopic (exact) mass is 228 g/mol. The molecule has 88 valence electrons. The van der Waals surface area contributed by atoms with Crippen LogP contribution in [0.5, 0.6) is 0 Å². The minimum Gasteiger partial charge on any atom is -0.304 e. The van der Waals surface area contributed by atoms with Crippen LogP contribution in [0.2, 0.25) is 0 Å². The van der Waals surface area contributed by atoms with E-state index < -0.39 is 0 Å². The quantitative estimate of drug-likeness (QED) is 0.754. The molecule has 0 atom stereocenters. The van der Waals surface area contributed by atoms with E-state index in [2.05, 4.69) is 11.9 Å². The first-order valence-electron chi connectivity index (χ1n) is 5.92. The summed E-state index contributed by atoms with van der Waals surface area (Å²) in [5.74, 6) is 1.18. The maximum absolute atomic E-state index is 11.7. The Bertz CT molecular complexity index is 529. The first-order chi connectivity index (χ1) is 8.26. The molecule has 0 radical (unpaired) electrons. The Morgan fingerprint density at radius 1 is 1.35 bits per heavy atom. The number of carbonyl (C=O) groups excluding carboxylic acids is 1. The fourth-order valence-electron chi connectivity index (χ4n) is 1.86. The van der Waals surface area contributed by atoms with Crippen molar-refractivity contribution < 1.29 is 4.79 Å². The predicted molar refractivity (Wildman–Crippen MR) is 67.6 cm³/mol. The molecule has 0 bridgehead atoms. The molecule has 0 aliphatic heterocycles. The average Bonchev–Trinajstić information content (AvgIpc) is 2.86. The zero-order valence-corrected chi connectivity index (χ0v) is 10.2. The van der Waals surface area contributed by atoms with Crippen molar-refractivity contribution in [2.45, 2.75) is 26.7 Å². The van der Waals surface area contributed by atoms with E-state index in [0.29, 0.717) is 6.42 Å². The highest BCUT2D eigenvalue weighted by molar-refractivity contribution is 5.96. The second-order valence-corrected chi connectivity index (χ2v) is 3.89. The fraction of sp³-hybridized carbons (Fsp3) is 0.286. The summed E-state index contributed by atoms with van der Waals surface area (Å²) >= 11 is 0. The standard InChI is InChI=1S/C14H16N2O/c1-3-13(17)11-6-5-7-12(10-11)16-9-8-15-14(16)4-2/h5-10H,3-4H2,1-2H3. The van der Waals surface area contributed by atoms with E-state index in [1.807, 2.05) is 42.0 Å². The van der Waals surface area contributed by atoms with Crippen molar-refractivity contribution in [2.75, 3.05) is 0 Å². The molecule has 0 fully saturated rings. The second-order valence-electron chi connectivity index (χ2n) is 3.89. The number of ketones is 1. The molecular formula is C14H16N2O. The highest BCUT2D eigenvalue weighted by Gasteiger charge is 2.06. The molecule has 0 saturated carbocycles. The van der Waals surface area contributed by atoms with Crippen molar-refractivity contribution in [3.05, 3.63) is 48.0 Å². The van der Waals surface area contributed by atoms with Crippen molar-refractivity contribution in [1.82, 2.24) is 9.55 Å². The van der Waals surface area contributed by atoms with Gasteiger partial charge in [0.05, 0.1) is 0 Å². The van der Waals surface area contributed by atoms with Crippen LogP contribution >= 0.6 is 0 Å². The maximum atomic E-state index is 11.7. The maximum Gasteiger partial charge on any atom is 0.162 e. The predicted octanol–water partition coefficient (Wildman–Crippen LogP) is 3.03. The van der Waals surface area contributed by atoms with E-state index in [9.17, 15) is 4.79 Å². The summed E-state index contributed by atoms with van der Waals surface area (Å²) in [6.07, 6.45) is 5.12. The van der Waals surface area contributed by atoms with Gasteiger partial charge in [0.15, 0.2) is 5.78 Å². The number of aryl methyl sites for hydroxylation is 1. The highest BCUT2D eigenvalue weighted by Crippen LogP contribution is 2.14. The van der Waals surface area contributed by atoms with Crippen LogP contribution in [0, 0.1) is 0 Å². The number of carbonyl (C=O) groups is 1. The van der Waals surface area contributed by atoms with Gasteiger partial charge in [0, 0.05) is 36.5 Å². The molecule has 2 aromatic rings. The third-order valence-corrected chi connectivity index (χ3v) is 2.80. The zero-order valence-electron chi connectivity index (χ0n) is 10.2. The van der Waals surface area contributed by atoms with Crippen molar-refractivity contribution in [3.8, 4) is 5.69 Å². The Kier molecular flexibility index (Phi) is 3.38. The van der Waals surface area contributed by atoms with Crippen LogP contribution in [0.15, 0.2) is 36.7 Å². The SMILES string of the molecule is CCC(=O)c1cccc(-n2ccnc2CC)c1. The lowest BCUT2D eigenvalue weighted by molar-refractivity contribution is 0.0988. The molecule has 0 amide bonds. The van der Waals surface area contributed by atoms with Gasteiger partial charge in [-0.2, -0.15) is 0 Å². The van der Waals surface area contributed by atoms with Gasteiger partial charge < -0.3 is 4.57 Å². The van der Waals surface area contributed by atoms with Gasteiger partial charge in [-0.05, 0) is 12.1 Å². The van der Waals surface area contributed by atoms with Gasteiger partial charge in [-0.15, -0.1) is 0 Å². The van der Waals surface area contributed by atoms with Crippen molar-refractivity contribution in [3.63, 3.8) is 0 Å². The topological polar surface area (TPSA) is 34.9 Å². The number of aromatic nitrogens is 2. The number of Topliss-reactive ketones (excluding diaryl/α,β-unsaturated/α-hetero) is 1. The highest BCUT2D eigenvalue weighted by atomic mass is 16.1. The van der Waals surface area contributed by atoms with Crippen LogP contribution in [-0.2, 0) is 6.42 Å². The zero-order chi connectivity index (χ0) is 12.3. The molecule has 3 nitrogen and oxygen atoms in total. The third-order valence-electron chi connectivity index (χ3n) is 2.80. The van der Waals surface area contributed by atoms with Gasteiger partial charge in [-0.25, -0.2) is 4.98 Å². The minimum atomic E-state index is 0.171. The Labute approximate surface area is 101 Å². The van der Waals surface area contributed by atoms with Crippen molar-refractivity contribution in [1.29, 1.82) is 0 Å². The van der Waals surface area contributed by atoms with Crippen LogP contribution in [0.3, 0.4) is 0 Å². The van der Waals surface area contributed by atoms with Crippen molar-refractivity contribution >= 4 is 5.78 Å². The smallest absolute Gasteiger partial charge is 0.162 e. The largest absolute Gasteiger partial charge is 0.304 e. The summed E-state index contributed by atoms with van der Waals surface area (Å²) in [4.78, 5) is 15.9. The van der Waals surface area contributed by atoms with E-state index in [1.165, 1.54) is 0 Å². The molecule has 0 unspecified atom stereocenters. The number of imidazole rings is 1. The summed E-state index contributed by atoms with van der Waals surface area (Å²) in [5, 5.41) is 0. The van der Waals surface area contributed by atoms with Crippen LogP contribution in [0.1, 0.15) is 36.5 Å². The van der Waals surface area contributed by atoms with Gasteiger partial charge in [-0.1, -0.05) is 26.0 Å². The van der Waals surface area contributed by atoms with E-state index in [4.69, 9.17) is 0 Å². The Morgan fingerprint density at radius 2 is 2.18 bits per heavy atom. The number of hydrogen-bond donors (Lipinski definition) is 0. The normalized spacial score (nSPS) is 10.5. The number of nitrogens with zero attached hydrogens (tertiary/aromatic N) is 2. The lowest BCUT2D eigenvalue weighted by Gasteiger charge is -2.07. The lowest BCUT2D eigenvalue weighted by Crippen LogP contribution is -2.02. The van der Waals surface area contributed by atoms with Gasteiger partial charge in [0.1, 0.15) is 5.82 Å². The van der Waals surface area contributed by atoms with Gasteiger partial charge in [0.2, 0.25) is 0 Å². The molecule has 0 aliphatic carbocycles. The van der Waals surface area contributed by atoms with Gasteiger partial charge in [-0.3, -0.25) is 4.79 Å². The molecule has 1 aromatic heterocycles. The molecule has 3 heteroatoms. The van der Waals surface area contributed by atoms with Crippen LogP contribution in [0.25, 0.3) is 5.69 Å².